The van der Waals surface area contributed by atoms with Crippen LogP contribution in [0.5, 0.6) is 0 Å². The van der Waals surface area contributed by atoms with Crippen LogP contribution >= 0.6 is 0 Å². The van der Waals surface area contributed by atoms with Gasteiger partial charge < -0.3 is 10.1 Å². The number of halogens is 1. The van der Waals surface area contributed by atoms with Crippen LogP contribution in [0.1, 0.15) is 35.7 Å². The van der Waals surface area contributed by atoms with Gasteiger partial charge in [0.25, 0.3) is 15.9 Å². The van der Waals surface area contributed by atoms with Crippen LogP contribution in [0, 0.1) is 12.7 Å². The molecule has 0 spiro atoms. The molecule has 0 saturated heterocycles. The Morgan fingerprint density at radius 1 is 1.14 bits per heavy atom. The zero-order chi connectivity index (χ0) is 21.4. The van der Waals surface area contributed by atoms with Crippen molar-refractivity contribution in [3.8, 4) is 0 Å². The summed E-state index contributed by atoms with van der Waals surface area (Å²) in [6.45, 7) is 3.47. The topological polar surface area (TPSA) is 102 Å². The van der Waals surface area contributed by atoms with Gasteiger partial charge in [0.2, 0.25) is 0 Å². The number of hydrogen-bond donors (Lipinski definition) is 2. The van der Waals surface area contributed by atoms with Gasteiger partial charge in [-0.3, -0.25) is 9.52 Å². The predicted octanol–water partition coefficient (Wildman–Crippen LogP) is 3.01. The Labute approximate surface area is 169 Å². The van der Waals surface area contributed by atoms with E-state index in [9.17, 15) is 22.4 Å². The van der Waals surface area contributed by atoms with Gasteiger partial charge in [0.05, 0.1) is 16.1 Å². The van der Waals surface area contributed by atoms with Gasteiger partial charge in [0.1, 0.15) is 5.82 Å². The number of anilines is 1. The number of para-hydroxylation sites is 1. The van der Waals surface area contributed by atoms with E-state index >= 15 is 0 Å². The molecule has 1 amide bonds. The second-order valence-corrected chi connectivity index (χ2v) is 7.99. The Kier molecular flexibility index (Phi) is 7.72. The number of unbranched alkanes of at least 4 members (excludes halogenated alkanes) is 1. The van der Waals surface area contributed by atoms with E-state index in [1.165, 1.54) is 19.1 Å². The number of nitrogens with one attached hydrogen (secondary N) is 2. The van der Waals surface area contributed by atoms with E-state index < -0.39 is 34.3 Å². The summed E-state index contributed by atoms with van der Waals surface area (Å²) in [6.07, 6.45) is 1.73. The maximum atomic E-state index is 13.3. The lowest BCUT2D eigenvalue weighted by molar-refractivity contribution is -0.124. The number of amides is 1. The molecule has 2 aromatic rings. The molecule has 0 saturated carbocycles. The minimum atomic E-state index is -4.07. The molecule has 0 fully saturated rings. The predicted molar refractivity (Wildman–Crippen MR) is 107 cm³/mol. The minimum absolute atomic E-state index is 0.00684. The summed E-state index contributed by atoms with van der Waals surface area (Å²) < 4.78 is 45.9. The Morgan fingerprint density at radius 3 is 2.55 bits per heavy atom. The molecule has 0 heterocycles. The number of carbonyl (C=O) groups is 2. The summed E-state index contributed by atoms with van der Waals surface area (Å²) in [6, 6.07) is 9.16. The number of benzene rings is 2. The van der Waals surface area contributed by atoms with Crippen molar-refractivity contribution in [2.24, 2.45) is 0 Å². The van der Waals surface area contributed by atoms with Crippen LogP contribution in [0.3, 0.4) is 0 Å². The zero-order valence-corrected chi connectivity index (χ0v) is 17.0. The van der Waals surface area contributed by atoms with Crippen LogP contribution in [0.15, 0.2) is 47.4 Å². The number of aryl methyl sites for hydroxylation is 1. The van der Waals surface area contributed by atoms with Gasteiger partial charge >= 0.3 is 5.97 Å². The van der Waals surface area contributed by atoms with E-state index in [2.05, 4.69) is 10.0 Å². The average molecular weight is 422 g/mol. The van der Waals surface area contributed by atoms with E-state index in [4.69, 9.17) is 4.74 Å². The molecular weight excluding hydrogens is 399 g/mol. The molecule has 0 unspecified atom stereocenters. The molecule has 7 nitrogen and oxygen atoms in total. The second kappa shape index (κ2) is 10.0. The van der Waals surface area contributed by atoms with Crippen molar-refractivity contribution in [2.45, 2.75) is 31.6 Å². The van der Waals surface area contributed by atoms with Crippen LogP contribution in [0.25, 0.3) is 0 Å². The van der Waals surface area contributed by atoms with Crippen LogP contribution in [0.4, 0.5) is 10.1 Å². The Bertz CT molecular complexity index is 992. The van der Waals surface area contributed by atoms with E-state index in [0.29, 0.717) is 6.54 Å². The van der Waals surface area contributed by atoms with Gasteiger partial charge in [-0.15, -0.1) is 0 Å². The average Bonchev–Trinajstić information content (AvgIpc) is 2.66. The highest BCUT2D eigenvalue weighted by atomic mass is 32.2. The van der Waals surface area contributed by atoms with Gasteiger partial charge in [-0.05, 0) is 49.2 Å². The first-order valence-corrected chi connectivity index (χ1v) is 10.5. The third-order valence-electron chi connectivity index (χ3n) is 4.00. The lowest BCUT2D eigenvalue weighted by Gasteiger charge is -2.13. The molecule has 0 radical (unpaired) electrons. The highest BCUT2D eigenvalue weighted by molar-refractivity contribution is 7.92. The van der Waals surface area contributed by atoms with Crippen LogP contribution in [-0.2, 0) is 19.6 Å². The van der Waals surface area contributed by atoms with E-state index in [1.807, 2.05) is 6.92 Å². The largest absolute Gasteiger partial charge is 0.452 e. The fraction of sp³-hybridized carbons (Fsp3) is 0.300. The quantitative estimate of drug-likeness (QED) is 0.478. The zero-order valence-electron chi connectivity index (χ0n) is 16.2. The summed E-state index contributed by atoms with van der Waals surface area (Å²) in [5.74, 6) is -1.83. The lowest BCUT2D eigenvalue weighted by atomic mass is 10.2. The molecule has 2 rings (SSSR count). The molecule has 156 valence electrons. The summed E-state index contributed by atoms with van der Waals surface area (Å²) >= 11 is 0. The van der Waals surface area contributed by atoms with Gasteiger partial charge in [-0.2, -0.15) is 0 Å². The first-order valence-electron chi connectivity index (χ1n) is 9.06. The lowest BCUT2D eigenvalue weighted by Crippen LogP contribution is -2.29. The SMILES string of the molecule is CCCCNC(=O)COC(=O)c1ccccc1NS(=O)(=O)c1ccc(F)cc1C. The maximum Gasteiger partial charge on any atom is 0.340 e. The summed E-state index contributed by atoms with van der Waals surface area (Å²) in [4.78, 5) is 23.9. The number of carbonyl (C=O) groups excluding carboxylic acids is 2. The van der Waals surface area contributed by atoms with Gasteiger partial charge in [0.15, 0.2) is 6.61 Å². The molecular formula is C20H23FN2O5S. The van der Waals surface area contributed by atoms with E-state index in [1.54, 1.807) is 12.1 Å². The first-order chi connectivity index (χ1) is 13.7. The fourth-order valence-corrected chi connectivity index (χ4v) is 3.84. The third-order valence-corrected chi connectivity index (χ3v) is 5.53. The number of esters is 1. The van der Waals surface area contributed by atoms with E-state index in [0.717, 1.165) is 31.0 Å². The first kappa shape index (κ1) is 22.4. The van der Waals surface area contributed by atoms with Crippen molar-refractivity contribution in [1.29, 1.82) is 0 Å². The third kappa shape index (κ3) is 6.28. The normalized spacial score (nSPS) is 11.0. The van der Waals surface area contributed by atoms with Gasteiger partial charge in [0, 0.05) is 6.54 Å². The summed E-state index contributed by atoms with van der Waals surface area (Å²) in [5, 5.41) is 2.62. The van der Waals surface area contributed by atoms with Gasteiger partial charge in [-0.1, -0.05) is 25.5 Å². The standard InChI is InChI=1S/C20H23FN2O5S/c1-3-4-11-22-19(24)13-28-20(25)16-7-5-6-8-17(16)23-29(26,27)18-10-9-15(21)12-14(18)2/h5-10,12,23H,3-4,11,13H2,1-2H3,(H,22,24). The van der Waals surface area contributed by atoms with Crippen LogP contribution in [0.2, 0.25) is 0 Å². The van der Waals surface area contributed by atoms with E-state index in [-0.39, 0.29) is 21.7 Å². The van der Waals surface area contributed by atoms with Crippen molar-refractivity contribution in [2.75, 3.05) is 17.9 Å². The molecule has 0 atom stereocenters. The van der Waals surface area contributed by atoms with Crippen molar-refractivity contribution < 1.29 is 27.1 Å². The van der Waals surface area contributed by atoms with Gasteiger partial charge in [-0.25, -0.2) is 17.6 Å². The molecule has 0 aliphatic heterocycles. The van der Waals surface area contributed by atoms with Crippen LogP contribution in [-0.4, -0.2) is 33.4 Å². The number of hydrogen-bond acceptors (Lipinski definition) is 5. The molecule has 0 aliphatic carbocycles. The molecule has 0 aliphatic rings. The number of sulfonamides is 1. The van der Waals surface area contributed by atoms with Crippen molar-refractivity contribution >= 4 is 27.6 Å². The van der Waals surface area contributed by atoms with Crippen molar-refractivity contribution in [3.05, 3.63) is 59.4 Å². The molecule has 2 N–H and O–H groups in total. The molecule has 9 heteroatoms. The molecule has 29 heavy (non-hydrogen) atoms. The molecule has 2 aromatic carbocycles. The van der Waals surface area contributed by atoms with Crippen molar-refractivity contribution in [1.82, 2.24) is 5.32 Å². The summed E-state index contributed by atoms with van der Waals surface area (Å²) in [5.41, 5.74) is 0.172. The fourth-order valence-electron chi connectivity index (χ4n) is 2.53. The highest BCUT2D eigenvalue weighted by Gasteiger charge is 2.21. The highest BCUT2D eigenvalue weighted by Crippen LogP contribution is 2.23. The molecule has 0 aromatic heterocycles. The molecule has 0 bridgehead atoms. The second-order valence-electron chi connectivity index (χ2n) is 6.34. The number of ether oxygens (including phenoxy) is 1. The van der Waals surface area contributed by atoms with Crippen LogP contribution < -0.4 is 10.0 Å². The Balaban J connectivity index is 2.13. The van der Waals surface area contributed by atoms with Crippen molar-refractivity contribution in [3.63, 3.8) is 0 Å². The number of rotatable bonds is 9. The smallest absolute Gasteiger partial charge is 0.340 e. The maximum absolute atomic E-state index is 13.3. The monoisotopic (exact) mass is 422 g/mol. The Hall–Kier alpha value is -2.94. The summed E-state index contributed by atoms with van der Waals surface area (Å²) in [7, 11) is -4.07. The minimum Gasteiger partial charge on any atom is -0.452 e. The Morgan fingerprint density at radius 2 is 1.86 bits per heavy atom.